The largest absolute Gasteiger partial charge is 0.478 e. The van der Waals surface area contributed by atoms with Crippen LogP contribution in [0.15, 0.2) is 54.6 Å². The van der Waals surface area contributed by atoms with Gasteiger partial charge in [-0.2, -0.15) is 0 Å². The van der Waals surface area contributed by atoms with E-state index in [2.05, 4.69) is 10.6 Å². The van der Waals surface area contributed by atoms with Gasteiger partial charge in [0.25, 0.3) is 5.91 Å². The average molecular weight is 338 g/mol. The van der Waals surface area contributed by atoms with Crippen LogP contribution in [0.4, 0.5) is 11.4 Å². The van der Waals surface area contributed by atoms with E-state index in [1.54, 1.807) is 30.3 Å². The fraction of sp³-hybridized carbons (Fsp3) is 0.105. The maximum Gasteiger partial charge on any atom is 0.328 e. The second-order valence-electron chi connectivity index (χ2n) is 5.41. The van der Waals surface area contributed by atoms with Crippen molar-refractivity contribution >= 4 is 29.2 Å². The smallest absolute Gasteiger partial charge is 0.328 e. The van der Waals surface area contributed by atoms with Gasteiger partial charge in [0.05, 0.1) is 11.3 Å². The highest BCUT2D eigenvalue weighted by Gasteiger charge is 2.13. The molecule has 2 aromatic carbocycles. The number of carbonyl (C=O) groups excluding carboxylic acids is 2. The first-order valence-electron chi connectivity index (χ1n) is 7.57. The Morgan fingerprint density at radius 2 is 1.56 bits per heavy atom. The second kappa shape index (κ2) is 7.92. The van der Waals surface area contributed by atoms with Crippen molar-refractivity contribution in [3.8, 4) is 0 Å². The summed E-state index contributed by atoms with van der Waals surface area (Å²) in [4.78, 5) is 34.8. The van der Waals surface area contributed by atoms with Crippen LogP contribution >= 0.6 is 0 Å². The molecule has 0 saturated carbocycles. The van der Waals surface area contributed by atoms with E-state index in [4.69, 9.17) is 5.11 Å². The van der Waals surface area contributed by atoms with Crippen molar-refractivity contribution in [3.63, 3.8) is 0 Å². The summed E-state index contributed by atoms with van der Waals surface area (Å²) in [5.41, 5.74) is 3.28. The highest BCUT2D eigenvalue weighted by molar-refractivity contribution is 6.12. The molecule has 3 N–H and O–H groups in total. The van der Waals surface area contributed by atoms with Crippen LogP contribution in [-0.2, 0) is 9.59 Å². The number of aryl methyl sites for hydroxylation is 1. The number of aliphatic carboxylic acids is 1. The zero-order valence-corrected chi connectivity index (χ0v) is 13.9. The predicted octanol–water partition coefficient (Wildman–Crippen LogP) is 3.14. The van der Waals surface area contributed by atoms with Gasteiger partial charge in [-0.3, -0.25) is 9.59 Å². The molecule has 0 spiro atoms. The van der Waals surface area contributed by atoms with Gasteiger partial charge in [0.15, 0.2) is 0 Å². The standard InChI is InChI=1S/C19H18N2O4/c1-12-6-5-9-15(13(12)2)21-19(25)14-7-3-4-8-16(14)20-17(22)10-11-18(23)24/h3-11H,1-2H3,(H,20,22)(H,21,25)(H,23,24)/b11-10-. The van der Waals surface area contributed by atoms with E-state index in [9.17, 15) is 14.4 Å². The van der Waals surface area contributed by atoms with Crippen molar-refractivity contribution in [1.29, 1.82) is 0 Å². The van der Waals surface area contributed by atoms with Crippen molar-refractivity contribution in [2.24, 2.45) is 0 Å². The van der Waals surface area contributed by atoms with E-state index < -0.39 is 11.9 Å². The van der Waals surface area contributed by atoms with Gasteiger partial charge in [0.2, 0.25) is 5.91 Å². The number of rotatable bonds is 5. The molecule has 0 atom stereocenters. The maximum absolute atomic E-state index is 12.6. The topological polar surface area (TPSA) is 95.5 Å². The van der Waals surface area contributed by atoms with Crippen molar-refractivity contribution in [2.45, 2.75) is 13.8 Å². The van der Waals surface area contributed by atoms with E-state index in [0.717, 1.165) is 23.3 Å². The molecule has 0 bridgehead atoms. The molecule has 25 heavy (non-hydrogen) atoms. The fourth-order valence-electron chi connectivity index (χ4n) is 2.19. The van der Waals surface area contributed by atoms with Crippen molar-refractivity contribution in [2.75, 3.05) is 10.6 Å². The third kappa shape index (κ3) is 4.78. The highest BCUT2D eigenvalue weighted by Crippen LogP contribution is 2.21. The van der Waals surface area contributed by atoms with Crippen LogP contribution < -0.4 is 10.6 Å². The summed E-state index contributed by atoms with van der Waals surface area (Å²) in [6, 6.07) is 12.1. The Bertz CT molecular complexity index is 856. The van der Waals surface area contributed by atoms with Crippen LogP contribution in [0.2, 0.25) is 0 Å². The summed E-state index contributed by atoms with van der Waals surface area (Å²) in [5.74, 6) is -2.22. The number of nitrogens with one attached hydrogen (secondary N) is 2. The van der Waals surface area contributed by atoms with Crippen LogP contribution in [0.3, 0.4) is 0 Å². The Morgan fingerprint density at radius 1 is 0.880 bits per heavy atom. The quantitative estimate of drug-likeness (QED) is 0.730. The molecule has 2 aromatic rings. The highest BCUT2D eigenvalue weighted by atomic mass is 16.4. The zero-order valence-electron chi connectivity index (χ0n) is 13.9. The monoisotopic (exact) mass is 338 g/mol. The van der Waals surface area contributed by atoms with Gasteiger partial charge in [-0.25, -0.2) is 4.79 Å². The zero-order chi connectivity index (χ0) is 18.4. The minimum absolute atomic E-state index is 0.278. The Kier molecular flexibility index (Phi) is 5.68. The summed E-state index contributed by atoms with van der Waals surface area (Å²) in [6.45, 7) is 3.86. The summed E-state index contributed by atoms with van der Waals surface area (Å²) in [5, 5.41) is 13.9. The maximum atomic E-state index is 12.6. The Balaban J connectivity index is 2.22. The van der Waals surface area contributed by atoms with Gasteiger partial charge in [0.1, 0.15) is 0 Å². The minimum Gasteiger partial charge on any atom is -0.478 e. The average Bonchev–Trinajstić information content (AvgIpc) is 2.57. The summed E-state index contributed by atoms with van der Waals surface area (Å²) in [6.07, 6.45) is 1.62. The first-order chi connectivity index (χ1) is 11.9. The lowest BCUT2D eigenvalue weighted by atomic mass is 10.1. The molecule has 0 aliphatic carbocycles. The lowest BCUT2D eigenvalue weighted by molar-refractivity contribution is -0.131. The number of para-hydroxylation sites is 1. The molecule has 0 unspecified atom stereocenters. The Labute approximate surface area is 145 Å². The molecule has 2 rings (SSSR count). The van der Waals surface area contributed by atoms with Gasteiger partial charge in [-0.1, -0.05) is 24.3 Å². The predicted molar refractivity (Wildman–Crippen MR) is 95.7 cm³/mol. The van der Waals surface area contributed by atoms with E-state index in [0.29, 0.717) is 11.4 Å². The fourth-order valence-corrected chi connectivity index (χ4v) is 2.19. The van der Waals surface area contributed by atoms with Gasteiger partial charge < -0.3 is 15.7 Å². The summed E-state index contributed by atoms with van der Waals surface area (Å²) >= 11 is 0. The van der Waals surface area contributed by atoms with Gasteiger partial charge >= 0.3 is 5.97 Å². The van der Waals surface area contributed by atoms with Gasteiger partial charge in [-0.15, -0.1) is 0 Å². The lowest BCUT2D eigenvalue weighted by Crippen LogP contribution is -2.17. The third-order valence-electron chi connectivity index (χ3n) is 3.66. The van der Waals surface area contributed by atoms with E-state index in [1.807, 2.05) is 26.0 Å². The van der Waals surface area contributed by atoms with Crippen LogP contribution in [0, 0.1) is 13.8 Å². The molecule has 0 fully saturated rings. The molecule has 6 heteroatoms. The van der Waals surface area contributed by atoms with Crippen LogP contribution in [0.5, 0.6) is 0 Å². The van der Waals surface area contributed by atoms with E-state index in [-0.39, 0.29) is 11.5 Å². The number of carboxylic acids is 1. The number of benzene rings is 2. The van der Waals surface area contributed by atoms with Crippen LogP contribution in [-0.4, -0.2) is 22.9 Å². The number of carboxylic acid groups (broad SMARTS) is 1. The number of anilines is 2. The van der Waals surface area contributed by atoms with Crippen LogP contribution in [0.1, 0.15) is 21.5 Å². The van der Waals surface area contributed by atoms with E-state index >= 15 is 0 Å². The molecule has 0 aliphatic heterocycles. The molecule has 128 valence electrons. The van der Waals surface area contributed by atoms with Gasteiger partial charge in [0, 0.05) is 17.8 Å². The van der Waals surface area contributed by atoms with Crippen LogP contribution in [0.25, 0.3) is 0 Å². The van der Waals surface area contributed by atoms with Crippen molar-refractivity contribution < 1.29 is 19.5 Å². The Hall–Kier alpha value is -3.41. The first kappa shape index (κ1) is 17.9. The van der Waals surface area contributed by atoms with Crippen molar-refractivity contribution in [3.05, 3.63) is 71.3 Å². The molecular formula is C19H18N2O4. The number of hydrogen-bond donors (Lipinski definition) is 3. The molecule has 0 radical (unpaired) electrons. The number of amides is 2. The molecule has 2 amide bonds. The number of hydrogen-bond acceptors (Lipinski definition) is 3. The normalized spacial score (nSPS) is 10.5. The third-order valence-corrected chi connectivity index (χ3v) is 3.66. The lowest BCUT2D eigenvalue weighted by Gasteiger charge is -2.13. The molecule has 0 aliphatic rings. The van der Waals surface area contributed by atoms with Crippen molar-refractivity contribution in [1.82, 2.24) is 0 Å². The Morgan fingerprint density at radius 3 is 2.28 bits per heavy atom. The van der Waals surface area contributed by atoms with E-state index in [1.165, 1.54) is 0 Å². The molecule has 0 aromatic heterocycles. The molecule has 6 nitrogen and oxygen atoms in total. The molecule has 0 saturated heterocycles. The SMILES string of the molecule is Cc1cccc(NC(=O)c2ccccc2NC(=O)/C=C\C(=O)O)c1C. The first-order valence-corrected chi connectivity index (χ1v) is 7.57. The molecular weight excluding hydrogens is 320 g/mol. The number of carbonyl (C=O) groups is 3. The minimum atomic E-state index is -1.23. The molecule has 0 heterocycles. The summed E-state index contributed by atoms with van der Waals surface area (Å²) in [7, 11) is 0. The van der Waals surface area contributed by atoms with Gasteiger partial charge in [-0.05, 0) is 43.2 Å². The second-order valence-corrected chi connectivity index (χ2v) is 5.41. The summed E-state index contributed by atoms with van der Waals surface area (Å²) < 4.78 is 0.